The van der Waals surface area contributed by atoms with Gasteiger partial charge >= 0.3 is 0 Å². The average molecular weight is 459 g/mol. The van der Waals surface area contributed by atoms with Crippen molar-refractivity contribution < 1.29 is 14.2 Å². The number of benzene rings is 2. The molecular formula is C28H30N2O4. The number of aryl methyl sites for hydroxylation is 1. The van der Waals surface area contributed by atoms with E-state index in [1.54, 1.807) is 24.9 Å². The van der Waals surface area contributed by atoms with Gasteiger partial charge in [0.2, 0.25) is 0 Å². The molecule has 1 aliphatic rings. The van der Waals surface area contributed by atoms with E-state index in [1.165, 1.54) is 19.3 Å². The minimum atomic E-state index is -0.0505. The van der Waals surface area contributed by atoms with Crippen molar-refractivity contribution in [2.45, 2.75) is 44.8 Å². The van der Waals surface area contributed by atoms with Crippen molar-refractivity contribution in [1.29, 1.82) is 0 Å². The highest BCUT2D eigenvalue weighted by atomic mass is 16.5. The SMILES string of the molecule is COc1ccc(COc2ccc(OC3CCCCC3)c(-c3cn(C)c(=O)c4[nH]ccc34)c2)cc1. The molecule has 5 rings (SSSR count). The Labute approximate surface area is 199 Å². The number of ether oxygens (including phenoxy) is 3. The van der Waals surface area contributed by atoms with Gasteiger partial charge in [-0.2, -0.15) is 0 Å². The van der Waals surface area contributed by atoms with Gasteiger partial charge in [0, 0.05) is 36.0 Å². The maximum atomic E-state index is 12.6. The number of H-pyrrole nitrogens is 1. The summed E-state index contributed by atoms with van der Waals surface area (Å²) in [5, 5.41) is 0.879. The van der Waals surface area contributed by atoms with Gasteiger partial charge in [-0.05, 0) is 67.6 Å². The van der Waals surface area contributed by atoms with Crippen LogP contribution in [-0.2, 0) is 13.7 Å². The van der Waals surface area contributed by atoms with E-state index in [0.29, 0.717) is 12.1 Å². The van der Waals surface area contributed by atoms with Crippen LogP contribution < -0.4 is 19.8 Å². The third-order valence-corrected chi connectivity index (χ3v) is 6.55. The summed E-state index contributed by atoms with van der Waals surface area (Å²) in [6, 6.07) is 15.8. The van der Waals surface area contributed by atoms with Gasteiger partial charge in [0.15, 0.2) is 0 Å². The number of hydrogen-bond acceptors (Lipinski definition) is 4. The molecule has 0 bridgehead atoms. The van der Waals surface area contributed by atoms with E-state index in [2.05, 4.69) is 4.98 Å². The van der Waals surface area contributed by atoms with E-state index in [0.717, 1.165) is 52.2 Å². The summed E-state index contributed by atoms with van der Waals surface area (Å²) in [5.74, 6) is 2.39. The number of aromatic amines is 1. The molecular weight excluding hydrogens is 428 g/mol. The summed E-state index contributed by atoms with van der Waals surface area (Å²) in [7, 11) is 3.43. The van der Waals surface area contributed by atoms with Crippen LogP contribution in [0.3, 0.4) is 0 Å². The summed E-state index contributed by atoms with van der Waals surface area (Å²) in [6.07, 6.45) is 9.72. The molecule has 0 aliphatic heterocycles. The molecule has 6 heteroatoms. The minimum absolute atomic E-state index is 0.0505. The molecule has 34 heavy (non-hydrogen) atoms. The first kappa shape index (κ1) is 22.1. The number of nitrogens with zero attached hydrogens (tertiary/aromatic N) is 1. The third-order valence-electron chi connectivity index (χ3n) is 6.55. The Morgan fingerprint density at radius 1 is 0.971 bits per heavy atom. The summed E-state index contributed by atoms with van der Waals surface area (Å²) in [4.78, 5) is 15.7. The van der Waals surface area contributed by atoms with Crippen LogP contribution in [0.4, 0.5) is 0 Å². The summed E-state index contributed by atoms with van der Waals surface area (Å²) in [6.45, 7) is 0.444. The quantitative estimate of drug-likeness (QED) is 0.378. The predicted octanol–water partition coefficient (Wildman–Crippen LogP) is 5.83. The molecule has 4 aromatic rings. The molecule has 6 nitrogen and oxygen atoms in total. The lowest BCUT2D eigenvalue weighted by molar-refractivity contribution is 0.155. The van der Waals surface area contributed by atoms with Gasteiger partial charge in [-0.1, -0.05) is 18.6 Å². The second-order valence-electron chi connectivity index (χ2n) is 8.90. The Kier molecular flexibility index (Phi) is 6.30. The highest BCUT2D eigenvalue weighted by Crippen LogP contribution is 2.38. The van der Waals surface area contributed by atoms with Crippen LogP contribution in [0.15, 0.2) is 65.7 Å². The fourth-order valence-electron chi connectivity index (χ4n) is 4.65. The molecule has 2 aromatic heterocycles. The van der Waals surface area contributed by atoms with Gasteiger partial charge in [0.1, 0.15) is 29.4 Å². The van der Waals surface area contributed by atoms with Gasteiger partial charge in [-0.15, -0.1) is 0 Å². The lowest BCUT2D eigenvalue weighted by atomic mass is 9.97. The molecule has 0 atom stereocenters. The Bertz CT molecular complexity index is 1330. The fraction of sp³-hybridized carbons (Fsp3) is 0.321. The van der Waals surface area contributed by atoms with Crippen molar-refractivity contribution in [2.24, 2.45) is 7.05 Å². The van der Waals surface area contributed by atoms with Crippen LogP contribution in [-0.4, -0.2) is 22.8 Å². The Morgan fingerprint density at radius 3 is 2.50 bits per heavy atom. The molecule has 0 unspecified atom stereocenters. The van der Waals surface area contributed by atoms with Gasteiger partial charge in [0.05, 0.1) is 13.2 Å². The first-order chi connectivity index (χ1) is 16.6. The predicted molar refractivity (Wildman–Crippen MR) is 134 cm³/mol. The first-order valence-electron chi connectivity index (χ1n) is 11.9. The van der Waals surface area contributed by atoms with Crippen LogP contribution >= 0.6 is 0 Å². The van der Waals surface area contributed by atoms with E-state index in [4.69, 9.17) is 14.2 Å². The monoisotopic (exact) mass is 458 g/mol. The number of hydrogen-bond donors (Lipinski definition) is 1. The molecule has 1 saturated carbocycles. The van der Waals surface area contributed by atoms with E-state index < -0.39 is 0 Å². The topological polar surface area (TPSA) is 65.5 Å². The van der Waals surface area contributed by atoms with Crippen molar-refractivity contribution in [2.75, 3.05) is 7.11 Å². The number of methoxy groups -OCH3 is 1. The van der Waals surface area contributed by atoms with Gasteiger partial charge in [0.25, 0.3) is 5.56 Å². The van der Waals surface area contributed by atoms with E-state index >= 15 is 0 Å². The van der Waals surface area contributed by atoms with Crippen molar-refractivity contribution >= 4 is 10.9 Å². The normalized spacial score (nSPS) is 14.3. The molecule has 2 aromatic carbocycles. The fourth-order valence-corrected chi connectivity index (χ4v) is 4.65. The second-order valence-corrected chi connectivity index (χ2v) is 8.90. The molecule has 1 N–H and O–H groups in total. The van der Waals surface area contributed by atoms with Crippen LogP contribution in [0.1, 0.15) is 37.7 Å². The molecule has 1 fully saturated rings. The first-order valence-corrected chi connectivity index (χ1v) is 11.9. The third kappa shape index (κ3) is 4.53. The van der Waals surface area contributed by atoms with Crippen LogP contribution in [0.2, 0.25) is 0 Å². The van der Waals surface area contributed by atoms with Crippen molar-refractivity contribution in [3.63, 3.8) is 0 Å². The molecule has 0 amide bonds. The number of rotatable bonds is 7. The Balaban J connectivity index is 1.51. The van der Waals surface area contributed by atoms with Crippen LogP contribution in [0.25, 0.3) is 22.0 Å². The van der Waals surface area contributed by atoms with Crippen molar-refractivity contribution in [3.8, 4) is 28.4 Å². The zero-order valence-corrected chi connectivity index (χ0v) is 19.7. The largest absolute Gasteiger partial charge is 0.497 e. The molecule has 176 valence electrons. The minimum Gasteiger partial charge on any atom is -0.497 e. The lowest BCUT2D eigenvalue weighted by Crippen LogP contribution is -2.20. The van der Waals surface area contributed by atoms with Gasteiger partial charge in [-0.25, -0.2) is 0 Å². The zero-order chi connectivity index (χ0) is 23.5. The Morgan fingerprint density at radius 2 is 1.74 bits per heavy atom. The van der Waals surface area contributed by atoms with Crippen LogP contribution in [0, 0.1) is 0 Å². The van der Waals surface area contributed by atoms with Crippen molar-refractivity contribution in [1.82, 2.24) is 9.55 Å². The number of nitrogens with one attached hydrogen (secondary N) is 1. The zero-order valence-electron chi connectivity index (χ0n) is 19.7. The molecule has 1 aliphatic carbocycles. The molecule has 0 radical (unpaired) electrons. The van der Waals surface area contributed by atoms with Gasteiger partial charge in [-0.3, -0.25) is 4.79 Å². The molecule has 0 spiro atoms. The number of aromatic nitrogens is 2. The smallest absolute Gasteiger partial charge is 0.274 e. The summed E-state index contributed by atoms with van der Waals surface area (Å²) >= 11 is 0. The van der Waals surface area contributed by atoms with E-state index in [1.807, 2.05) is 54.7 Å². The lowest BCUT2D eigenvalue weighted by Gasteiger charge is -2.25. The standard InChI is InChI=1S/C28H30N2O4/c1-30-17-25(23-14-15-29-27(23)28(30)31)24-16-22(33-18-19-8-10-20(32-2)11-9-19)12-13-26(24)34-21-6-4-3-5-7-21/h8-17,21,29H,3-7,18H2,1-2H3. The second kappa shape index (κ2) is 9.67. The number of fused-ring (bicyclic) bond motifs is 1. The molecule has 0 saturated heterocycles. The highest BCUT2D eigenvalue weighted by Gasteiger charge is 2.20. The van der Waals surface area contributed by atoms with Crippen LogP contribution in [0.5, 0.6) is 17.2 Å². The summed E-state index contributed by atoms with van der Waals surface area (Å²) in [5.41, 5.74) is 3.47. The highest BCUT2D eigenvalue weighted by molar-refractivity contribution is 5.96. The van der Waals surface area contributed by atoms with Crippen molar-refractivity contribution in [3.05, 3.63) is 76.8 Å². The maximum absolute atomic E-state index is 12.6. The Hall–Kier alpha value is -3.67. The molecule has 2 heterocycles. The van der Waals surface area contributed by atoms with Gasteiger partial charge < -0.3 is 23.8 Å². The average Bonchev–Trinajstić information content (AvgIpc) is 3.37. The number of pyridine rings is 1. The maximum Gasteiger partial charge on any atom is 0.274 e. The summed E-state index contributed by atoms with van der Waals surface area (Å²) < 4.78 is 19.5. The van der Waals surface area contributed by atoms with E-state index in [9.17, 15) is 4.79 Å². The van der Waals surface area contributed by atoms with E-state index in [-0.39, 0.29) is 11.7 Å².